The van der Waals surface area contributed by atoms with E-state index in [2.05, 4.69) is 10.6 Å². The number of hydrogen-bond acceptors (Lipinski definition) is 10. The van der Waals surface area contributed by atoms with Gasteiger partial charge in [-0.25, -0.2) is 4.79 Å². The lowest BCUT2D eigenvalue weighted by Gasteiger charge is -2.25. The van der Waals surface area contributed by atoms with E-state index in [-0.39, 0.29) is 22.6 Å². The molecule has 13 heteroatoms. The highest BCUT2D eigenvalue weighted by atomic mass is 32.2. The topological polar surface area (TPSA) is 174 Å². The Morgan fingerprint density at radius 3 is 2.33 bits per heavy atom. The average molecular weight is 619 g/mol. The summed E-state index contributed by atoms with van der Waals surface area (Å²) in [7, 11) is -4.46. The predicted octanol–water partition coefficient (Wildman–Crippen LogP) is 3.11. The second-order valence-corrected chi connectivity index (χ2v) is 12.5. The molecule has 0 radical (unpaired) electrons. The molecule has 0 bridgehead atoms. The van der Waals surface area contributed by atoms with Crippen LogP contribution in [0.2, 0.25) is 0 Å². The van der Waals surface area contributed by atoms with E-state index in [4.69, 9.17) is 13.7 Å². The molecular weight excluding hydrogens is 580 g/mol. The summed E-state index contributed by atoms with van der Waals surface area (Å²) in [6.45, 7) is 8.68. The van der Waals surface area contributed by atoms with Gasteiger partial charge in [0.1, 0.15) is 23.2 Å². The first-order valence-corrected chi connectivity index (χ1v) is 15.4. The lowest BCUT2D eigenvalue weighted by molar-refractivity contribution is -0.160. The SMILES string of the molecule is Cc1ccc(S(=O)(=O)Oc2c(NC=O)cccc2C(=O)N[C@@H]2C(=O)O[C@@H](C)[C@H](O)[C@@H](CCCC(C)C)C(=O)O[C@@H]2C)cc1. The van der Waals surface area contributed by atoms with Crippen LogP contribution in [0.1, 0.15) is 62.9 Å². The lowest BCUT2D eigenvalue weighted by atomic mass is 9.91. The van der Waals surface area contributed by atoms with Crippen molar-refractivity contribution in [2.45, 2.75) is 83.1 Å². The summed E-state index contributed by atoms with van der Waals surface area (Å²) in [5.41, 5.74) is 0.340. The van der Waals surface area contributed by atoms with Crippen LogP contribution in [-0.4, -0.2) is 62.1 Å². The van der Waals surface area contributed by atoms with Gasteiger partial charge in [-0.1, -0.05) is 50.5 Å². The van der Waals surface area contributed by atoms with E-state index < -0.39 is 64.0 Å². The molecule has 1 saturated heterocycles. The van der Waals surface area contributed by atoms with Crippen molar-refractivity contribution in [3.63, 3.8) is 0 Å². The summed E-state index contributed by atoms with van der Waals surface area (Å²) in [4.78, 5) is 50.8. The number of rotatable bonds is 11. The highest BCUT2D eigenvalue weighted by Crippen LogP contribution is 2.32. The predicted molar refractivity (Wildman–Crippen MR) is 156 cm³/mol. The lowest BCUT2D eigenvalue weighted by Crippen LogP contribution is -2.50. The number of benzene rings is 2. The maximum absolute atomic E-state index is 13.5. The van der Waals surface area contributed by atoms with Crippen LogP contribution in [-0.2, 0) is 34.0 Å². The molecule has 234 valence electrons. The molecule has 3 N–H and O–H groups in total. The number of aryl methyl sites for hydroxylation is 1. The first kappa shape index (κ1) is 33.5. The van der Waals surface area contributed by atoms with E-state index >= 15 is 0 Å². The molecule has 0 saturated carbocycles. The average Bonchev–Trinajstić information content (AvgIpc) is 2.96. The van der Waals surface area contributed by atoms with E-state index in [1.165, 1.54) is 44.2 Å². The summed E-state index contributed by atoms with van der Waals surface area (Å²) in [6.07, 6.45) is -1.58. The smallest absolute Gasteiger partial charge is 0.339 e. The van der Waals surface area contributed by atoms with Crippen molar-refractivity contribution >= 4 is 40.1 Å². The van der Waals surface area contributed by atoms with Gasteiger partial charge in [0.2, 0.25) is 6.41 Å². The third-order valence-electron chi connectivity index (χ3n) is 7.08. The fraction of sp³-hybridized carbons (Fsp3) is 0.467. The van der Waals surface area contributed by atoms with Gasteiger partial charge >= 0.3 is 22.1 Å². The summed E-state index contributed by atoms with van der Waals surface area (Å²) < 4.78 is 42.5. The third-order valence-corrected chi connectivity index (χ3v) is 8.32. The molecule has 0 aliphatic carbocycles. The fourth-order valence-electron chi connectivity index (χ4n) is 4.60. The van der Waals surface area contributed by atoms with Crippen molar-refractivity contribution in [1.29, 1.82) is 0 Å². The van der Waals surface area contributed by atoms with Crippen LogP contribution in [0.25, 0.3) is 0 Å². The van der Waals surface area contributed by atoms with E-state index in [0.717, 1.165) is 12.0 Å². The Kier molecular flexibility index (Phi) is 11.3. The summed E-state index contributed by atoms with van der Waals surface area (Å²) in [5.74, 6) is -3.74. The Balaban J connectivity index is 1.91. The number of amides is 2. The number of cyclic esters (lactones) is 2. The van der Waals surface area contributed by atoms with Gasteiger partial charge < -0.3 is 29.4 Å². The molecule has 2 aromatic rings. The van der Waals surface area contributed by atoms with Crippen LogP contribution in [0.3, 0.4) is 0 Å². The van der Waals surface area contributed by atoms with Gasteiger partial charge in [-0.3, -0.25) is 14.4 Å². The van der Waals surface area contributed by atoms with Gasteiger partial charge in [0, 0.05) is 0 Å². The van der Waals surface area contributed by atoms with E-state index in [9.17, 15) is 32.7 Å². The van der Waals surface area contributed by atoms with E-state index in [0.29, 0.717) is 18.8 Å². The third kappa shape index (κ3) is 8.54. The molecule has 12 nitrogen and oxygen atoms in total. The summed E-state index contributed by atoms with van der Waals surface area (Å²) in [6, 6.07) is 8.20. The normalized spacial score (nSPS) is 22.8. The molecule has 1 aliphatic rings. The number of aliphatic hydroxyl groups is 1. The molecule has 2 aromatic carbocycles. The highest BCUT2D eigenvalue weighted by molar-refractivity contribution is 7.87. The number of carbonyl (C=O) groups excluding carboxylic acids is 4. The number of esters is 2. The maximum Gasteiger partial charge on any atom is 0.339 e. The van der Waals surface area contributed by atoms with Crippen LogP contribution in [0.4, 0.5) is 5.69 Å². The molecule has 3 rings (SSSR count). The van der Waals surface area contributed by atoms with Crippen LogP contribution in [0, 0.1) is 18.8 Å². The minimum atomic E-state index is -4.46. The summed E-state index contributed by atoms with van der Waals surface area (Å²) >= 11 is 0. The molecule has 2 amide bonds. The molecule has 0 unspecified atom stereocenters. The molecule has 0 aromatic heterocycles. The monoisotopic (exact) mass is 618 g/mol. The van der Waals surface area contributed by atoms with Crippen molar-refractivity contribution in [2.75, 3.05) is 5.32 Å². The number of para-hydroxylation sites is 1. The number of nitrogens with one attached hydrogen (secondary N) is 2. The van der Waals surface area contributed by atoms with Crippen LogP contribution >= 0.6 is 0 Å². The largest absolute Gasteiger partial charge is 0.460 e. The van der Waals surface area contributed by atoms with Gasteiger partial charge in [-0.05, 0) is 57.4 Å². The maximum atomic E-state index is 13.5. The van der Waals surface area contributed by atoms with Gasteiger partial charge in [0.25, 0.3) is 5.91 Å². The van der Waals surface area contributed by atoms with Gasteiger partial charge in [-0.15, -0.1) is 0 Å². The first-order chi connectivity index (χ1) is 20.2. The van der Waals surface area contributed by atoms with Crippen LogP contribution < -0.4 is 14.8 Å². The quantitative estimate of drug-likeness (QED) is 0.193. The summed E-state index contributed by atoms with van der Waals surface area (Å²) in [5, 5.41) is 15.6. The zero-order valence-corrected chi connectivity index (χ0v) is 25.6. The standard InChI is InChI=1S/C30H38N2O10S/c1-17(2)8-6-9-22-26(34)20(5)41-30(37)25(19(4)40-29(22)36)32-28(35)23-10-7-11-24(31-16-33)27(23)42-43(38,39)21-14-12-18(3)13-15-21/h7,10-17,19-20,22,25-26,34H,6,8-9H2,1-5H3,(H,31,33)(H,32,35)/t19-,20+,22-,25+,26+/m1/s1. The molecule has 1 aliphatic heterocycles. The molecular formula is C30H38N2O10S. The van der Waals surface area contributed by atoms with Crippen LogP contribution in [0.5, 0.6) is 5.75 Å². The molecule has 0 spiro atoms. The van der Waals surface area contributed by atoms with Crippen molar-refractivity contribution in [2.24, 2.45) is 11.8 Å². The fourth-order valence-corrected chi connectivity index (χ4v) is 5.56. The van der Waals surface area contributed by atoms with E-state index in [1.54, 1.807) is 19.1 Å². The zero-order valence-electron chi connectivity index (χ0n) is 24.7. The molecule has 1 heterocycles. The Morgan fingerprint density at radius 1 is 1.05 bits per heavy atom. The number of anilines is 1. The Hall–Kier alpha value is -3.97. The van der Waals surface area contributed by atoms with Gasteiger partial charge in [0.15, 0.2) is 11.8 Å². The second kappa shape index (κ2) is 14.5. The zero-order chi connectivity index (χ0) is 31.9. The number of aliphatic hydroxyl groups excluding tert-OH is 1. The van der Waals surface area contributed by atoms with Crippen LogP contribution in [0.15, 0.2) is 47.4 Å². The van der Waals surface area contributed by atoms with Crippen molar-refractivity contribution in [1.82, 2.24) is 5.32 Å². The highest BCUT2D eigenvalue weighted by Gasteiger charge is 2.41. The Morgan fingerprint density at radius 2 is 1.70 bits per heavy atom. The molecule has 5 atom stereocenters. The first-order valence-electron chi connectivity index (χ1n) is 14.0. The Bertz CT molecular complexity index is 1420. The van der Waals surface area contributed by atoms with Crippen molar-refractivity contribution < 1.29 is 46.4 Å². The van der Waals surface area contributed by atoms with Crippen molar-refractivity contribution in [3.8, 4) is 5.75 Å². The molecule has 1 fully saturated rings. The second-order valence-electron chi connectivity index (χ2n) is 11.0. The molecule has 43 heavy (non-hydrogen) atoms. The number of hydrogen-bond donors (Lipinski definition) is 3. The van der Waals surface area contributed by atoms with E-state index in [1.807, 2.05) is 13.8 Å². The Labute approximate surface area is 251 Å². The van der Waals surface area contributed by atoms with Crippen molar-refractivity contribution in [3.05, 3.63) is 53.6 Å². The van der Waals surface area contributed by atoms with Gasteiger partial charge in [-0.2, -0.15) is 8.42 Å². The minimum absolute atomic E-state index is 0.129. The minimum Gasteiger partial charge on any atom is -0.460 e. The number of ether oxygens (including phenoxy) is 2. The number of carbonyl (C=O) groups is 4. The van der Waals surface area contributed by atoms with Gasteiger partial charge in [0.05, 0.1) is 17.2 Å².